The Labute approximate surface area is 166 Å². The van der Waals surface area contributed by atoms with E-state index in [4.69, 9.17) is 5.73 Å². The predicted molar refractivity (Wildman–Crippen MR) is 116 cm³/mol. The van der Waals surface area contributed by atoms with Gasteiger partial charge >= 0.3 is 0 Å². The minimum absolute atomic E-state index is 0.0742. The second-order valence-electron chi connectivity index (χ2n) is 7.28. The molecule has 0 saturated carbocycles. The van der Waals surface area contributed by atoms with E-state index in [0.29, 0.717) is 17.2 Å². The summed E-state index contributed by atoms with van der Waals surface area (Å²) in [4.78, 5) is 22.8. The number of hydrogen-bond acceptors (Lipinski definition) is 3. The van der Waals surface area contributed by atoms with Crippen LogP contribution in [0.2, 0.25) is 0 Å². The first-order chi connectivity index (χ1) is 13.5. The van der Waals surface area contributed by atoms with Crippen molar-refractivity contribution in [3.8, 4) is 0 Å². The smallest absolute Gasteiger partial charge is 0.255 e. The molecule has 0 aromatic heterocycles. The molecule has 1 aliphatic heterocycles. The molecule has 2 aromatic carbocycles. The zero-order valence-corrected chi connectivity index (χ0v) is 16.5. The molecule has 0 atom stereocenters. The third kappa shape index (κ3) is 4.84. The third-order valence-corrected chi connectivity index (χ3v) is 5.23. The fraction of sp³-hybridized carbons (Fsp3) is 0.318. The van der Waals surface area contributed by atoms with Crippen molar-refractivity contribution >= 4 is 30.0 Å². The van der Waals surface area contributed by atoms with Crippen LogP contribution in [0.25, 0.3) is 0 Å². The number of benzene rings is 2. The molecule has 0 unspecified atom stereocenters. The first-order valence-electron chi connectivity index (χ1n) is 9.47. The van der Waals surface area contributed by atoms with Crippen LogP contribution in [-0.2, 0) is 0 Å². The summed E-state index contributed by atoms with van der Waals surface area (Å²) in [5.41, 5.74) is 9.77. The van der Waals surface area contributed by atoms with Crippen LogP contribution in [0.1, 0.15) is 40.2 Å². The molecule has 146 valence electrons. The van der Waals surface area contributed by atoms with E-state index >= 15 is 0 Å². The zero-order valence-electron chi connectivity index (χ0n) is 16.5. The molecule has 1 saturated heterocycles. The Morgan fingerprint density at radius 2 is 1.86 bits per heavy atom. The zero-order chi connectivity index (χ0) is 20.1. The normalized spacial score (nSPS) is 16.0. The van der Waals surface area contributed by atoms with Gasteiger partial charge in [0.2, 0.25) is 5.96 Å². The fourth-order valence-electron chi connectivity index (χ4n) is 3.41. The molecule has 6 heteroatoms. The Hall–Kier alpha value is -2.99. The maximum atomic E-state index is 12.6. The summed E-state index contributed by atoms with van der Waals surface area (Å²) in [6.07, 6.45) is 2.36. The van der Waals surface area contributed by atoms with Crippen molar-refractivity contribution in [3.63, 3.8) is 0 Å². The number of nitrogens with two attached hydrogens (primary N) is 1. The number of piperidine rings is 1. The predicted octanol–water partition coefficient (Wildman–Crippen LogP) is 3.70. The summed E-state index contributed by atoms with van der Waals surface area (Å²) in [7, 11) is 2.17. The van der Waals surface area contributed by atoms with Crippen LogP contribution in [0.4, 0.5) is 11.4 Å². The topological polar surface area (TPSA) is 83.1 Å². The second kappa shape index (κ2) is 8.80. The Kier molecular flexibility index (Phi) is 6.21. The number of aryl methyl sites for hydroxylation is 1. The van der Waals surface area contributed by atoms with Crippen molar-refractivity contribution in [2.24, 2.45) is 15.7 Å². The van der Waals surface area contributed by atoms with Crippen LogP contribution < -0.4 is 11.1 Å². The first kappa shape index (κ1) is 19.8. The molecule has 1 aliphatic rings. The summed E-state index contributed by atoms with van der Waals surface area (Å²) in [6, 6.07) is 13.5. The van der Waals surface area contributed by atoms with Gasteiger partial charge in [0.05, 0.1) is 5.69 Å². The SMILES string of the molecule is C=NC(N)=Nc1cc(C(=O)Nc2ccc(C3CCN(C)CC3)cc2)ccc1C. The van der Waals surface area contributed by atoms with Crippen molar-refractivity contribution in [2.45, 2.75) is 25.7 Å². The molecule has 0 spiro atoms. The molecule has 0 bridgehead atoms. The molecule has 1 heterocycles. The van der Waals surface area contributed by atoms with E-state index < -0.39 is 0 Å². The van der Waals surface area contributed by atoms with Gasteiger partial charge < -0.3 is 16.0 Å². The molecule has 3 rings (SSSR count). The quantitative estimate of drug-likeness (QED) is 0.629. The van der Waals surface area contributed by atoms with E-state index in [1.807, 2.05) is 25.1 Å². The van der Waals surface area contributed by atoms with Crippen LogP contribution in [0, 0.1) is 6.92 Å². The maximum Gasteiger partial charge on any atom is 0.255 e. The largest absolute Gasteiger partial charge is 0.368 e. The van der Waals surface area contributed by atoms with Gasteiger partial charge in [-0.15, -0.1) is 0 Å². The van der Waals surface area contributed by atoms with Crippen molar-refractivity contribution in [1.29, 1.82) is 0 Å². The number of hydrogen-bond donors (Lipinski definition) is 2. The second-order valence-corrected chi connectivity index (χ2v) is 7.28. The number of rotatable bonds is 4. The highest BCUT2D eigenvalue weighted by atomic mass is 16.1. The fourth-order valence-corrected chi connectivity index (χ4v) is 3.41. The van der Waals surface area contributed by atoms with Crippen LogP contribution in [0.15, 0.2) is 52.4 Å². The maximum absolute atomic E-state index is 12.6. The van der Waals surface area contributed by atoms with Crippen molar-refractivity contribution in [3.05, 3.63) is 59.2 Å². The lowest BCUT2D eigenvalue weighted by Gasteiger charge is -2.29. The Morgan fingerprint density at radius 3 is 2.50 bits per heavy atom. The molecule has 0 aliphatic carbocycles. The number of guanidine groups is 1. The molecule has 2 aromatic rings. The van der Waals surface area contributed by atoms with Crippen molar-refractivity contribution < 1.29 is 4.79 Å². The third-order valence-electron chi connectivity index (χ3n) is 5.23. The van der Waals surface area contributed by atoms with Crippen LogP contribution in [-0.4, -0.2) is 43.6 Å². The molecular formula is C22H27N5O. The molecule has 1 fully saturated rings. The molecule has 28 heavy (non-hydrogen) atoms. The van der Waals surface area contributed by atoms with E-state index in [1.54, 1.807) is 12.1 Å². The molecule has 0 radical (unpaired) electrons. The summed E-state index contributed by atoms with van der Waals surface area (Å²) in [6.45, 7) is 7.52. The van der Waals surface area contributed by atoms with Gasteiger partial charge in [-0.2, -0.15) is 0 Å². The number of nitrogens with zero attached hydrogens (tertiary/aromatic N) is 3. The average Bonchev–Trinajstić information content (AvgIpc) is 2.70. The standard InChI is InChI=1S/C22H27N5O/c1-15-4-5-18(14-20(15)26-22(23)24-2)21(28)25-19-8-6-16(7-9-19)17-10-12-27(3)13-11-17/h4-9,14,17H,2,10-13H2,1,3H3,(H2,23,26)(H,25,28). The number of aliphatic imine (C=N–C) groups is 2. The van der Waals surface area contributed by atoms with Gasteiger partial charge in [0.15, 0.2) is 0 Å². The van der Waals surface area contributed by atoms with E-state index in [2.05, 4.69) is 46.1 Å². The highest BCUT2D eigenvalue weighted by molar-refractivity contribution is 6.05. The van der Waals surface area contributed by atoms with Gasteiger partial charge in [0.1, 0.15) is 0 Å². The van der Waals surface area contributed by atoms with E-state index in [0.717, 1.165) is 24.3 Å². The van der Waals surface area contributed by atoms with Gasteiger partial charge in [-0.25, -0.2) is 9.98 Å². The molecule has 3 N–H and O–H groups in total. The highest BCUT2D eigenvalue weighted by Gasteiger charge is 2.18. The first-order valence-corrected chi connectivity index (χ1v) is 9.47. The Morgan fingerprint density at radius 1 is 1.18 bits per heavy atom. The van der Waals surface area contributed by atoms with Gasteiger partial charge in [-0.1, -0.05) is 18.2 Å². The summed E-state index contributed by atoms with van der Waals surface area (Å²) in [5, 5.41) is 2.95. The molecule has 1 amide bonds. The van der Waals surface area contributed by atoms with Gasteiger partial charge in [-0.3, -0.25) is 4.79 Å². The van der Waals surface area contributed by atoms with Crippen LogP contribution in [0.5, 0.6) is 0 Å². The lowest BCUT2D eigenvalue weighted by atomic mass is 9.89. The number of carbonyl (C=O) groups is 1. The monoisotopic (exact) mass is 377 g/mol. The van der Waals surface area contributed by atoms with Crippen LogP contribution in [0.3, 0.4) is 0 Å². The highest BCUT2D eigenvalue weighted by Crippen LogP contribution is 2.28. The van der Waals surface area contributed by atoms with Crippen molar-refractivity contribution in [1.82, 2.24) is 4.90 Å². The minimum Gasteiger partial charge on any atom is -0.368 e. The average molecular weight is 377 g/mol. The van der Waals surface area contributed by atoms with Gasteiger partial charge in [0, 0.05) is 11.3 Å². The van der Waals surface area contributed by atoms with Gasteiger partial charge in [-0.05, 0) is 87.9 Å². The lowest BCUT2D eigenvalue weighted by molar-refractivity contribution is 0.102. The van der Waals surface area contributed by atoms with Crippen LogP contribution >= 0.6 is 0 Å². The number of anilines is 1. The van der Waals surface area contributed by atoms with E-state index in [1.165, 1.54) is 18.4 Å². The number of carbonyl (C=O) groups excluding carboxylic acids is 1. The van der Waals surface area contributed by atoms with E-state index in [9.17, 15) is 4.79 Å². The Bertz CT molecular complexity index is 880. The summed E-state index contributed by atoms with van der Waals surface area (Å²) >= 11 is 0. The van der Waals surface area contributed by atoms with Gasteiger partial charge in [0.25, 0.3) is 5.91 Å². The van der Waals surface area contributed by atoms with E-state index in [-0.39, 0.29) is 11.9 Å². The minimum atomic E-state index is -0.186. The van der Waals surface area contributed by atoms with Crippen molar-refractivity contribution in [2.75, 3.05) is 25.5 Å². The summed E-state index contributed by atoms with van der Waals surface area (Å²) in [5.74, 6) is 0.487. The lowest BCUT2D eigenvalue weighted by Crippen LogP contribution is -2.29. The molecule has 6 nitrogen and oxygen atoms in total. The number of likely N-dealkylation sites (tertiary alicyclic amines) is 1. The Balaban J connectivity index is 1.69. The number of nitrogens with one attached hydrogen (secondary N) is 1. The summed E-state index contributed by atoms with van der Waals surface area (Å²) < 4.78 is 0. The molecular weight excluding hydrogens is 350 g/mol. The number of amides is 1.